The maximum absolute atomic E-state index is 11.9. The predicted octanol–water partition coefficient (Wildman–Crippen LogP) is 1.12. The van der Waals surface area contributed by atoms with E-state index in [1.807, 2.05) is 37.3 Å². The lowest BCUT2D eigenvalue weighted by Crippen LogP contribution is -2.34. The van der Waals surface area contributed by atoms with Crippen molar-refractivity contribution in [1.29, 1.82) is 0 Å². The van der Waals surface area contributed by atoms with Crippen LogP contribution in [-0.4, -0.2) is 23.8 Å². The second-order valence-corrected chi connectivity index (χ2v) is 3.46. The number of nitrogens with zero attached hydrogens (tertiary/aromatic N) is 2. The van der Waals surface area contributed by atoms with Crippen molar-refractivity contribution in [1.82, 2.24) is 10.5 Å². The highest BCUT2D eigenvalue weighted by molar-refractivity contribution is 6.11. The van der Waals surface area contributed by atoms with Crippen LogP contribution in [0.15, 0.2) is 35.4 Å². The molecule has 1 atom stereocenters. The van der Waals surface area contributed by atoms with Gasteiger partial charge in [0, 0.05) is 7.05 Å². The van der Waals surface area contributed by atoms with Crippen LogP contribution in [-0.2, 0) is 4.79 Å². The van der Waals surface area contributed by atoms with Crippen LogP contribution in [0.3, 0.4) is 0 Å². The van der Waals surface area contributed by atoms with Gasteiger partial charge in [-0.2, -0.15) is 10.2 Å². The fraction of sp³-hybridized carbons (Fsp3) is 0.273. The molecular weight excluding hydrogens is 190 g/mol. The van der Waals surface area contributed by atoms with Crippen molar-refractivity contribution in [3.63, 3.8) is 0 Å². The van der Waals surface area contributed by atoms with Crippen LogP contribution in [0, 0.1) is 0 Å². The third kappa shape index (κ3) is 1.64. The van der Waals surface area contributed by atoms with Crippen LogP contribution in [0.1, 0.15) is 18.4 Å². The molecule has 4 nitrogen and oxygen atoms in total. The molecule has 0 aliphatic carbocycles. The largest absolute Gasteiger partial charge is 0.270 e. The average Bonchev–Trinajstić information content (AvgIpc) is 2.55. The molecule has 0 fully saturated rings. The van der Waals surface area contributed by atoms with Gasteiger partial charge in [0.05, 0.1) is 5.71 Å². The number of hydrazine groups is 1. The predicted molar refractivity (Wildman–Crippen MR) is 58.2 cm³/mol. The molecule has 4 heteroatoms. The molecule has 1 heterocycles. The summed E-state index contributed by atoms with van der Waals surface area (Å²) in [6, 6.07) is 9.68. The Balaban J connectivity index is 2.33. The molecule has 1 amide bonds. The van der Waals surface area contributed by atoms with Crippen molar-refractivity contribution >= 4 is 11.6 Å². The molecule has 0 saturated carbocycles. The molecule has 15 heavy (non-hydrogen) atoms. The highest BCUT2D eigenvalue weighted by Crippen LogP contribution is 2.24. The Morgan fingerprint density at radius 1 is 1.33 bits per heavy atom. The number of hydrogen-bond acceptors (Lipinski definition) is 3. The van der Waals surface area contributed by atoms with Crippen LogP contribution >= 0.6 is 0 Å². The molecule has 1 aromatic rings. The number of hydrazone groups is 1. The average molecular weight is 203 g/mol. The number of carbonyl (C=O) groups excluding carboxylic acids is 1. The summed E-state index contributed by atoms with van der Waals surface area (Å²) in [4.78, 5) is 11.9. The van der Waals surface area contributed by atoms with Crippen LogP contribution < -0.4 is 5.43 Å². The van der Waals surface area contributed by atoms with Crippen molar-refractivity contribution in [3.05, 3.63) is 35.9 Å². The molecule has 1 aliphatic heterocycles. The SMILES string of the molecule is CNN1N=C(C)C(c2ccccc2)C1=O. The van der Waals surface area contributed by atoms with Crippen LogP contribution in [0.5, 0.6) is 0 Å². The Morgan fingerprint density at radius 2 is 2.00 bits per heavy atom. The summed E-state index contributed by atoms with van der Waals surface area (Å²) in [5, 5.41) is 5.42. The van der Waals surface area contributed by atoms with E-state index in [0.717, 1.165) is 11.3 Å². The molecule has 0 bridgehead atoms. The van der Waals surface area contributed by atoms with E-state index in [4.69, 9.17) is 0 Å². The van der Waals surface area contributed by atoms with E-state index in [1.165, 1.54) is 5.12 Å². The number of hydrogen-bond donors (Lipinski definition) is 1. The molecule has 2 rings (SSSR count). The number of amides is 1. The Kier molecular flexibility index (Phi) is 2.51. The fourth-order valence-corrected chi connectivity index (χ4v) is 1.76. The molecule has 1 N–H and O–H groups in total. The minimum absolute atomic E-state index is 0.0267. The molecule has 1 aromatic carbocycles. The summed E-state index contributed by atoms with van der Waals surface area (Å²) in [6.07, 6.45) is 0. The number of nitrogens with one attached hydrogen (secondary N) is 1. The zero-order valence-electron chi connectivity index (χ0n) is 8.77. The summed E-state index contributed by atoms with van der Waals surface area (Å²) in [6.45, 7) is 1.87. The topological polar surface area (TPSA) is 44.7 Å². The monoisotopic (exact) mass is 203 g/mol. The Morgan fingerprint density at radius 3 is 2.53 bits per heavy atom. The van der Waals surface area contributed by atoms with Crippen molar-refractivity contribution in [2.45, 2.75) is 12.8 Å². The molecule has 0 saturated heterocycles. The summed E-state index contributed by atoms with van der Waals surface area (Å²) < 4.78 is 0. The Bertz CT molecular complexity index is 400. The minimum Gasteiger partial charge on any atom is -0.270 e. The quantitative estimate of drug-likeness (QED) is 0.783. The third-order valence-electron chi connectivity index (χ3n) is 2.48. The minimum atomic E-state index is -0.237. The van der Waals surface area contributed by atoms with E-state index in [-0.39, 0.29) is 11.8 Å². The van der Waals surface area contributed by atoms with Crippen molar-refractivity contribution in [3.8, 4) is 0 Å². The van der Waals surface area contributed by atoms with Crippen LogP contribution in [0.2, 0.25) is 0 Å². The second-order valence-electron chi connectivity index (χ2n) is 3.46. The highest BCUT2D eigenvalue weighted by Gasteiger charge is 2.33. The fourth-order valence-electron chi connectivity index (χ4n) is 1.76. The highest BCUT2D eigenvalue weighted by atomic mass is 16.2. The van der Waals surface area contributed by atoms with Gasteiger partial charge in [-0.15, -0.1) is 0 Å². The first-order valence-electron chi connectivity index (χ1n) is 4.85. The molecule has 0 aromatic heterocycles. The van der Waals surface area contributed by atoms with E-state index in [2.05, 4.69) is 10.5 Å². The van der Waals surface area contributed by atoms with Crippen molar-refractivity contribution in [2.75, 3.05) is 7.05 Å². The van der Waals surface area contributed by atoms with E-state index in [1.54, 1.807) is 7.05 Å². The summed E-state index contributed by atoms with van der Waals surface area (Å²) in [5.74, 6) is -0.264. The Labute approximate surface area is 88.6 Å². The third-order valence-corrected chi connectivity index (χ3v) is 2.48. The standard InChI is InChI=1S/C11H13N3O/c1-8-10(9-6-4-3-5-7-9)11(15)14(12-2)13-8/h3-7,10,12H,1-2H3. The zero-order valence-corrected chi connectivity index (χ0v) is 8.77. The maximum atomic E-state index is 11.9. The lowest BCUT2D eigenvalue weighted by Gasteiger charge is -2.12. The summed E-state index contributed by atoms with van der Waals surface area (Å²) in [5.41, 5.74) is 4.55. The molecule has 0 radical (unpaired) electrons. The van der Waals surface area contributed by atoms with Crippen LogP contribution in [0.25, 0.3) is 0 Å². The van der Waals surface area contributed by atoms with E-state index in [0.29, 0.717) is 0 Å². The van der Waals surface area contributed by atoms with Gasteiger partial charge in [0.25, 0.3) is 5.91 Å². The van der Waals surface area contributed by atoms with Gasteiger partial charge >= 0.3 is 0 Å². The molecule has 78 valence electrons. The molecule has 0 spiro atoms. The first-order chi connectivity index (χ1) is 7.24. The first-order valence-corrected chi connectivity index (χ1v) is 4.85. The normalized spacial score (nSPS) is 20.7. The zero-order chi connectivity index (χ0) is 10.8. The second kappa shape index (κ2) is 3.82. The van der Waals surface area contributed by atoms with E-state index < -0.39 is 0 Å². The smallest absolute Gasteiger partial charge is 0.270 e. The van der Waals surface area contributed by atoms with Gasteiger partial charge in [-0.25, -0.2) is 5.43 Å². The summed E-state index contributed by atoms with van der Waals surface area (Å²) >= 11 is 0. The van der Waals surface area contributed by atoms with Gasteiger partial charge in [0.2, 0.25) is 0 Å². The summed E-state index contributed by atoms with van der Waals surface area (Å²) in [7, 11) is 1.68. The van der Waals surface area contributed by atoms with Crippen molar-refractivity contribution in [2.24, 2.45) is 5.10 Å². The van der Waals surface area contributed by atoms with Gasteiger partial charge in [0.15, 0.2) is 0 Å². The maximum Gasteiger partial charge on any atom is 0.270 e. The van der Waals surface area contributed by atoms with Crippen molar-refractivity contribution < 1.29 is 4.79 Å². The molecule has 1 aliphatic rings. The van der Waals surface area contributed by atoms with Gasteiger partial charge in [-0.3, -0.25) is 4.79 Å². The lowest BCUT2D eigenvalue weighted by atomic mass is 9.95. The van der Waals surface area contributed by atoms with E-state index in [9.17, 15) is 4.79 Å². The number of carbonyl (C=O) groups is 1. The first kappa shape index (κ1) is 9.86. The van der Waals surface area contributed by atoms with Gasteiger partial charge < -0.3 is 0 Å². The van der Waals surface area contributed by atoms with E-state index >= 15 is 0 Å². The van der Waals surface area contributed by atoms with Gasteiger partial charge in [0.1, 0.15) is 5.92 Å². The number of benzene rings is 1. The van der Waals surface area contributed by atoms with Crippen LogP contribution in [0.4, 0.5) is 0 Å². The number of rotatable bonds is 2. The molecule has 1 unspecified atom stereocenters. The Hall–Kier alpha value is -1.68. The van der Waals surface area contributed by atoms with Gasteiger partial charge in [-0.05, 0) is 12.5 Å². The van der Waals surface area contributed by atoms with Gasteiger partial charge in [-0.1, -0.05) is 30.3 Å². The lowest BCUT2D eigenvalue weighted by molar-refractivity contribution is -0.132. The molecular formula is C11H13N3O.